The molecule has 0 aliphatic carbocycles. The van der Waals surface area contributed by atoms with E-state index < -0.39 is 5.82 Å². The van der Waals surface area contributed by atoms with Crippen molar-refractivity contribution < 1.29 is 9.50 Å². The topological polar surface area (TPSA) is 32.3 Å². The second-order valence-corrected chi connectivity index (χ2v) is 5.64. The molecule has 0 bridgehead atoms. The van der Waals surface area contributed by atoms with E-state index in [1.54, 1.807) is 17.4 Å². The Bertz CT molecular complexity index is 720. The summed E-state index contributed by atoms with van der Waals surface area (Å²) in [5.74, 6) is -0.489. The van der Waals surface area contributed by atoms with Crippen LogP contribution in [0.3, 0.4) is 0 Å². The maximum Gasteiger partial charge on any atom is 0.127 e. The Hall–Kier alpha value is -2.33. The lowest BCUT2D eigenvalue weighted by Crippen LogP contribution is -2.01. The van der Waals surface area contributed by atoms with E-state index in [0.717, 1.165) is 17.3 Å². The van der Waals surface area contributed by atoms with Crippen molar-refractivity contribution in [2.24, 2.45) is 0 Å². The molecule has 0 aliphatic heterocycles. The van der Waals surface area contributed by atoms with Crippen LogP contribution in [-0.4, -0.2) is 5.11 Å². The zero-order chi connectivity index (χ0) is 14.7. The number of phenolic OH excluding ortho intramolecular Hbond substituents is 1. The second kappa shape index (κ2) is 5.97. The summed E-state index contributed by atoms with van der Waals surface area (Å²) in [6.07, 6.45) is 0. The van der Waals surface area contributed by atoms with Crippen LogP contribution in [0.5, 0.6) is 5.75 Å². The zero-order valence-corrected chi connectivity index (χ0v) is 12.0. The summed E-state index contributed by atoms with van der Waals surface area (Å²) in [5, 5.41) is 14.8. The monoisotopic (exact) mass is 299 g/mol. The molecule has 0 saturated carbocycles. The van der Waals surface area contributed by atoms with Crippen LogP contribution in [0.25, 0.3) is 10.4 Å². The van der Waals surface area contributed by atoms with Crippen molar-refractivity contribution in [3.8, 4) is 16.2 Å². The van der Waals surface area contributed by atoms with Gasteiger partial charge in [0.05, 0.1) is 0 Å². The molecule has 0 amide bonds. The summed E-state index contributed by atoms with van der Waals surface area (Å²) >= 11 is 1.68. The molecule has 2 nitrogen and oxygen atoms in total. The highest BCUT2D eigenvalue weighted by molar-refractivity contribution is 7.13. The summed E-state index contributed by atoms with van der Waals surface area (Å²) in [4.78, 5) is 1.18. The third kappa shape index (κ3) is 3.23. The number of thiophene rings is 1. The fraction of sp³-hybridized carbons (Fsp3) is 0.0588. The van der Waals surface area contributed by atoms with E-state index in [4.69, 9.17) is 0 Å². The fourth-order valence-corrected chi connectivity index (χ4v) is 2.98. The highest BCUT2D eigenvalue weighted by Crippen LogP contribution is 2.31. The largest absolute Gasteiger partial charge is 0.508 e. The minimum absolute atomic E-state index is 0.0571. The second-order valence-electron chi connectivity index (χ2n) is 4.69. The molecule has 0 aliphatic rings. The van der Waals surface area contributed by atoms with Gasteiger partial charge >= 0.3 is 0 Å². The van der Waals surface area contributed by atoms with Crippen LogP contribution in [0.1, 0.15) is 5.56 Å². The lowest BCUT2D eigenvalue weighted by molar-refractivity contribution is 0.468. The van der Waals surface area contributed by atoms with Crippen LogP contribution in [0.2, 0.25) is 0 Å². The SMILES string of the molecule is Oc1cc(F)cc(CNc2ccccc2-c2cccs2)c1. The third-order valence-electron chi connectivity index (χ3n) is 3.14. The van der Waals surface area contributed by atoms with Crippen LogP contribution >= 0.6 is 11.3 Å². The minimum Gasteiger partial charge on any atom is -0.508 e. The van der Waals surface area contributed by atoms with Gasteiger partial charge in [-0.3, -0.25) is 0 Å². The molecule has 0 saturated heterocycles. The van der Waals surface area contributed by atoms with Gasteiger partial charge in [-0.25, -0.2) is 4.39 Å². The zero-order valence-electron chi connectivity index (χ0n) is 11.2. The Morgan fingerprint density at radius 1 is 1.05 bits per heavy atom. The Kier molecular flexibility index (Phi) is 3.88. The normalized spacial score (nSPS) is 10.5. The number of benzene rings is 2. The average Bonchev–Trinajstić information content (AvgIpc) is 2.98. The van der Waals surface area contributed by atoms with E-state index in [1.807, 2.05) is 29.6 Å². The molecule has 106 valence electrons. The Morgan fingerprint density at radius 2 is 1.90 bits per heavy atom. The van der Waals surface area contributed by atoms with Crippen molar-refractivity contribution in [3.63, 3.8) is 0 Å². The quantitative estimate of drug-likeness (QED) is 0.720. The van der Waals surface area contributed by atoms with Gasteiger partial charge in [0.1, 0.15) is 11.6 Å². The Morgan fingerprint density at radius 3 is 2.67 bits per heavy atom. The first-order valence-electron chi connectivity index (χ1n) is 6.57. The van der Waals surface area contributed by atoms with Gasteiger partial charge in [0.2, 0.25) is 0 Å². The first-order chi connectivity index (χ1) is 10.2. The summed E-state index contributed by atoms with van der Waals surface area (Å²) in [6.45, 7) is 0.452. The number of nitrogens with one attached hydrogen (secondary N) is 1. The first kappa shape index (κ1) is 13.6. The third-order valence-corrected chi connectivity index (χ3v) is 4.04. The highest BCUT2D eigenvalue weighted by Gasteiger charge is 2.06. The van der Waals surface area contributed by atoms with Crippen LogP contribution in [0, 0.1) is 5.82 Å². The smallest absolute Gasteiger partial charge is 0.127 e. The molecule has 21 heavy (non-hydrogen) atoms. The van der Waals surface area contributed by atoms with Gasteiger partial charge in [0.15, 0.2) is 0 Å². The predicted molar refractivity (Wildman–Crippen MR) is 85.1 cm³/mol. The molecule has 1 heterocycles. The molecular formula is C17H14FNOS. The molecule has 2 N–H and O–H groups in total. The molecule has 0 spiro atoms. The molecule has 0 radical (unpaired) electrons. The van der Waals surface area contributed by atoms with E-state index in [1.165, 1.54) is 10.9 Å². The number of phenols is 1. The molecule has 3 aromatic rings. The molecule has 4 heteroatoms. The molecule has 0 atom stereocenters. The van der Waals surface area contributed by atoms with E-state index in [9.17, 15) is 9.50 Å². The van der Waals surface area contributed by atoms with Crippen molar-refractivity contribution >= 4 is 17.0 Å². The molecular weight excluding hydrogens is 285 g/mol. The molecule has 1 aromatic heterocycles. The van der Waals surface area contributed by atoms with Crippen molar-refractivity contribution in [2.45, 2.75) is 6.54 Å². The number of hydrogen-bond acceptors (Lipinski definition) is 3. The maximum atomic E-state index is 13.3. The van der Waals surface area contributed by atoms with Crippen LogP contribution in [0.4, 0.5) is 10.1 Å². The molecule has 2 aromatic carbocycles. The lowest BCUT2D eigenvalue weighted by atomic mass is 10.1. The fourth-order valence-electron chi connectivity index (χ4n) is 2.22. The van der Waals surface area contributed by atoms with E-state index in [0.29, 0.717) is 12.1 Å². The van der Waals surface area contributed by atoms with Gasteiger partial charge in [0.25, 0.3) is 0 Å². The van der Waals surface area contributed by atoms with Gasteiger partial charge in [-0.1, -0.05) is 24.3 Å². The number of hydrogen-bond donors (Lipinski definition) is 2. The highest BCUT2D eigenvalue weighted by atomic mass is 32.1. The maximum absolute atomic E-state index is 13.3. The van der Waals surface area contributed by atoms with Gasteiger partial charge in [-0.05, 0) is 35.2 Å². The van der Waals surface area contributed by atoms with Gasteiger partial charge < -0.3 is 10.4 Å². The van der Waals surface area contributed by atoms with E-state index in [-0.39, 0.29) is 5.75 Å². The average molecular weight is 299 g/mol. The lowest BCUT2D eigenvalue weighted by Gasteiger charge is -2.11. The van der Waals surface area contributed by atoms with Gasteiger partial charge in [0, 0.05) is 28.7 Å². The Balaban J connectivity index is 1.82. The Labute approximate surface area is 126 Å². The van der Waals surface area contributed by atoms with Gasteiger partial charge in [-0.2, -0.15) is 0 Å². The van der Waals surface area contributed by atoms with Gasteiger partial charge in [-0.15, -0.1) is 11.3 Å². The number of rotatable bonds is 4. The summed E-state index contributed by atoms with van der Waals surface area (Å²) in [5.41, 5.74) is 2.81. The molecule has 3 rings (SSSR count). The summed E-state index contributed by atoms with van der Waals surface area (Å²) in [7, 11) is 0. The van der Waals surface area contributed by atoms with Crippen molar-refractivity contribution in [3.05, 3.63) is 71.4 Å². The minimum atomic E-state index is -0.432. The van der Waals surface area contributed by atoms with Crippen molar-refractivity contribution in [1.82, 2.24) is 0 Å². The van der Waals surface area contributed by atoms with Crippen LogP contribution in [0.15, 0.2) is 60.0 Å². The van der Waals surface area contributed by atoms with Crippen molar-refractivity contribution in [2.75, 3.05) is 5.32 Å². The van der Waals surface area contributed by atoms with Crippen molar-refractivity contribution in [1.29, 1.82) is 0 Å². The molecule has 0 unspecified atom stereocenters. The number of para-hydroxylation sites is 1. The number of halogens is 1. The van der Waals surface area contributed by atoms with Crippen LogP contribution in [-0.2, 0) is 6.54 Å². The standard InChI is InChI=1S/C17H14FNOS/c18-13-8-12(9-14(20)10-13)11-19-16-5-2-1-4-15(16)17-6-3-7-21-17/h1-10,19-20H,11H2. The van der Waals surface area contributed by atoms with Crippen LogP contribution < -0.4 is 5.32 Å². The summed E-state index contributed by atoms with van der Waals surface area (Å²) in [6, 6.07) is 16.2. The predicted octanol–water partition coefficient (Wildman–Crippen LogP) is 4.87. The number of aromatic hydroxyl groups is 1. The van der Waals surface area contributed by atoms with E-state index >= 15 is 0 Å². The van der Waals surface area contributed by atoms with E-state index in [2.05, 4.69) is 17.4 Å². The number of anilines is 1. The summed E-state index contributed by atoms with van der Waals surface area (Å²) < 4.78 is 13.3. The first-order valence-corrected chi connectivity index (χ1v) is 7.45. The molecule has 0 fully saturated rings.